The van der Waals surface area contributed by atoms with Gasteiger partial charge < -0.3 is 0 Å². The summed E-state index contributed by atoms with van der Waals surface area (Å²) < 4.78 is 11.3. The molecule has 0 N–H and O–H groups in total. The van der Waals surface area contributed by atoms with Crippen LogP contribution in [-0.4, -0.2) is 20.3 Å². The van der Waals surface area contributed by atoms with Crippen molar-refractivity contribution in [1.29, 1.82) is 0 Å². The summed E-state index contributed by atoms with van der Waals surface area (Å²) >= 11 is 1.83. The number of thioether (sulfide) groups is 1. The van der Waals surface area contributed by atoms with Gasteiger partial charge in [0.2, 0.25) is 0 Å². The normalized spacial score (nSPS) is 39.6. The van der Waals surface area contributed by atoms with Crippen LogP contribution in [0.2, 0.25) is 0 Å². The summed E-state index contributed by atoms with van der Waals surface area (Å²) in [5.41, 5.74) is 0. The fourth-order valence-corrected chi connectivity index (χ4v) is 3.46. The maximum absolute atomic E-state index is 10.9. The molecular weight excluding hydrogens is 140 g/mol. The summed E-state index contributed by atoms with van der Waals surface area (Å²) in [6.45, 7) is 2.04. The number of hydrogen-bond acceptors (Lipinski definition) is 2. The maximum Gasteiger partial charge on any atom is 0.0773 e. The van der Waals surface area contributed by atoms with Crippen molar-refractivity contribution in [3.8, 4) is 0 Å². The Labute approximate surface area is 56.7 Å². The molecule has 8 heavy (non-hydrogen) atoms. The maximum atomic E-state index is 10.9. The van der Waals surface area contributed by atoms with E-state index in [0.29, 0.717) is 4.58 Å². The third kappa shape index (κ3) is 1.49. The van der Waals surface area contributed by atoms with E-state index >= 15 is 0 Å². The zero-order valence-electron chi connectivity index (χ0n) is 4.92. The van der Waals surface area contributed by atoms with Gasteiger partial charge in [0.1, 0.15) is 0 Å². The Morgan fingerprint density at radius 3 is 2.88 bits per heavy atom. The Morgan fingerprint density at radius 1 is 1.75 bits per heavy atom. The molecule has 1 rings (SSSR count). The molecule has 0 aromatic rings. The standard InChI is InChI=1S/C5H10OS2/c1-5-7-3-2-4-8(5)6/h5H,2-4H2,1H3/t5-,8-/m0/s1. The van der Waals surface area contributed by atoms with E-state index < -0.39 is 10.8 Å². The molecule has 0 unspecified atom stereocenters. The Kier molecular flexibility index (Phi) is 2.38. The van der Waals surface area contributed by atoms with E-state index in [-0.39, 0.29) is 0 Å². The van der Waals surface area contributed by atoms with E-state index in [0.717, 1.165) is 12.2 Å². The van der Waals surface area contributed by atoms with Crippen LogP contribution in [0.4, 0.5) is 0 Å². The van der Waals surface area contributed by atoms with Crippen LogP contribution < -0.4 is 0 Å². The molecule has 48 valence electrons. The molecular formula is C5H10OS2. The predicted octanol–water partition coefficient (Wildman–Crippen LogP) is 1.22. The highest BCUT2D eigenvalue weighted by atomic mass is 32.2. The average molecular weight is 150 g/mol. The first-order valence-corrected chi connectivity index (χ1v) is 5.22. The van der Waals surface area contributed by atoms with Gasteiger partial charge in [-0.1, -0.05) is 0 Å². The molecule has 1 fully saturated rings. The van der Waals surface area contributed by atoms with Gasteiger partial charge in [-0.15, -0.1) is 11.8 Å². The van der Waals surface area contributed by atoms with Gasteiger partial charge in [-0.25, -0.2) is 0 Å². The second kappa shape index (κ2) is 2.87. The van der Waals surface area contributed by atoms with Gasteiger partial charge in [0.05, 0.1) is 4.58 Å². The SMILES string of the molecule is C[C@H]1SCCC[S@@]1=O. The minimum Gasteiger partial charge on any atom is -0.258 e. The first-order chi connectivity index (χ1) is 3.80. The Hall–Kier alpha value is 0.500. The van der Waals surface area contributed by atoms with E-state index in [4.69, 9.17) is 0 Å². The molecule has 0 aromatic heterocycles. The molecule has 2 atom stereocenters. The van der Waals surface area contributed by atoms with Crippen LogP contribution in [0.1, 0.15) is 13.3 Å². The molecule has 0 bridgehead atoms. The Morgan fingerprint density at radius 2 is 2.50 bits per heavy atom. The van der Waals surface area contributed by atoms with Gasteiger partial charge in [0.25, 0.3) is 0 Å². The summed E-state index contributed by atoms with van der Waals surface area (Å²) in [5.74, 6) is 2.13. The van der Waals surface area contributed by atoms with Crippen molar-refractivity contribution in [2.75, 3.05) is 11.5 Å². The van der Waals surface area contributed by atoms with Gasteiger partial charge in [-0.05, 0) is 19.1 Å². The monoisotopic (exact) mass is 150 g/mol. The molecule has 1 aliphatic heterocycles. The van der Waals surface area contributed by atoms with E-state index in [9.17, 15) is 4.21 Å². The average Bonchev–Trinajstić information content (AvgIpc) is 1.77. The number of rotatable bonds is 0. The van der Waals surface area contributed by atoms with Crippen molar-refractivity contribution in [1.82, 2.24) is 0 Å². The van der Waals surface area contributed by atoms with Crippen LogP contribution >= 0.6 is 11.8 Å². The minimum atomic E-state index is -0.522. The van der Waals surface area contributed by atoms with Gasteiger partial charge in [0, 0.05) is 16.6 Å². The molecule has 0 amide bonds. The van der Waals surface area contributed by atoms with Crippen LogP contribution in [0.25, 0.3) is 0 Å². The summed E-state index contributed by atoms with van der Waals surface area (Å²) in [6.07, 6.45) is 1.14. The fraction of sp³-hybridized carbons (Fsp3) is 1.00. The lowest BCUT2D eigenvalue weighted by Gasteiger charge is -2.15. The minimum absolute atomic E-state index is 0.392. The van der Waals surface area contributed by atoms with E-state index in [1.165, 1.54) is 5.75 Å². The highest BCUT2D eigenvalue weighted by Gasteiger charge is 2.15. The predicted molar refractivity (Wildman–Crippen MR) is 39.5 cm³/mol. The molecule has 0 aliphatic carbocycles. The second-order valence-electron chi connectivity index (χ2n) is 1.88. The van der Waals surface area contributed by atoms with Crippen LogP contribution in [0, 0.1) is 0 Å². The van der Waals surface area contributed by atoms with Crippen molar-refractivity contribution < 1.29 is 4.21 Å². The topological polar surface area (TPSA) is 17.1 Å². The quantitative estimate of drug-likeness (QED) is 0.516. The largest absolute Gasteiger partial charge is 0.258 e. The highest BCUT2D eigenvalue weighted by Crippen LogP contribution is 2.20. The molecule has 1 aliphatic rings. The molecule has 3 heteroatoms. The van der Waals surface area contributed by atoms with Crippen LogP contribution in [0.3, 0.4) is 0 Å². The molecule has 1 nitrogen and oxygen atoms in total. The van der Waals surface area contributed by atoms with Gasteiger partial charge in [-0.2, -0.15) is 0 Å². The lowest BCUT2D eigenvalue weighted by Crippen LogP contribution is -2.16. The number of hydrogen-bond donors (Lipinski definition) is 0. The van der Waals surface area contributed by atoms with E-state index in [1.807, 2.05) is 18.7 Å². The van der Waals surface area contributed by atoms with Crippen LogP contribution in [0.15, 0.2) is 0 Å². The first kappa shape index (κ1) is 6.62. The van der Waals surface area contributed by atoms with Crippen molar-refractivity contribution in [2.24, 2.45) is 0 Å². The lowest BCUT2D eigenvalue weighted by molar-refractivity contribution is 0.680. The van der Waals surface area contributed by atoms with Crippen molar-refractivity contribution in [2.45, 2.75) is 17.9 Å². The highest BCUT2D eigenvalue weighted by molar-refractivity contribution is 8.11. The fourth-order valence-electron chi connectivity index (χ4n) is 0.692. The molecule has 0 radical (unpaired) electrons. The van der Waals surface area contributed by atoms with Crippen LogP contribution in [0.5, 0.6) is 0 Å². The van der Waals surface area contributed by atoms with E-state index in [2.05, 4.69) is 0 Å². The van der Waals surface area contributed by atoms with Crippen molar-refractivity contribution in [3.05, 3.63) is 0 Å². The van der Waals surface area contributed by atoms with E-state index in [1.54, 1.807) is 0 Å². The summed E-state index contributed by atoms with van der Waals surface area (Å²) in [6, 6.07) is 0. The summed E-state index contributed by atoms with van der Waals surface area (Å²) in [7, 11) is -0.522. The second-order valence-corrected chi connectivity index (χ2v) is 5.50. The smallest absolute Gasteiger partial charge is 0.0773 e. The molecule has 0 saturated carbocycles. The Bertz CT molecular complexity index is 103. The third-order valence-electron chi connectivity index (χ3n) is 1.21. The first-order valence-electron chi connectivity index (χ1n) is 2.79. The van der Waals surface area contributed by atoms with Crippen molar-refractivity contribution in [3.63, 3.8) is 0 Å². The zero-order valence-corrected chi connectivity index (χ0v) is 6.56. The van der Waals surface area contributed by atoms with Gasteiger partial charge in [-0.3, -0.25) is 4.21 Å². The van der Waals surface area contributed by atoms with Gasteiger partial charge in [0.15, 0.2) is 0 Å². The lowest BCUT2D eigenvalue weighted by atomic mass is 10.6. The molecule has 1 heterocycles. The van der Waals surface area contributed by atoms with Crippen LogP contribution in [-0.2, 0) is 10.8 Å². The Balaban J connectivity index is 2.39. The molecule has 1 saturated heterocycles. The summed E-state index contributed by atoms with van der Waals surface area (Å²) in [5, 5.41) is 0. The van der Waals surface area contributed by atoms with Crippen molar-refractivity contribution >= 4 is 22.6 Å². The molecule has 0 aromatic carbocycles. The molecule has 0 spiro atoms. The summed E-state index contributed by atoms with van der Waals surface area (Å²) in [4.78, 5) is 0. The van der Waals surface area contributed by atoms with Gasteiger partial charge >= 0.3 is 0 Å². The third-order valence-corrected chi connectivity index (χ3v) is 4.69. The zero-order chi connectivity index (χ0) is 5.98.